The van der Waals surface area contributed by atoms with E-state index in [0.717, 1.165) is 18.4 Å². The zero-order valence-electron chi connectivity index (χ0n) is 9.79. The van der Waals surface area contributed by atoms with Crippen molar-refractivity contribution in [3.05, 3.63) is 29.6 Å². The molecule has 0 bridgehead atoms. The minimum atomic E-state index is -1.28. The maximum absolute atomic E-state index is 13.1. The van der Waals surface area contributed by atoms with Gasteiger partial charge in [0.1, 0.15) is 11.4 Å². The molecule has 0 unspecified atom stereocenters. The van der Waals surface area contributed by atoms with Gasteiger partial charge < -0.3 is 10.4 Å². The van der Waals surface area contributed by atoms with Crippen molar-refractivity contribution in [3.63, 3.8) is 0 Å². The van der Waals surface area contributed by atoms with E-state index in [2.05, 4.69) is 5.32 Å². The van der Waals surface area contributed by atoms with Crippen molar-refractivity contribution in [2.45, 2.75) is 38.2 Å². The summed E-state index contributed by atoms with van der Waals surface area (Å²) in [7, 11) is 0. The Hall–Kier alpha value is -1.42. The molecule has 2 N–H and O–H groups in total. The molecule has 0 atom stereocenters. The van der Waals surface area contributed by atoms with E-state index in [1.165, 1.54) is 12.1 Å². The van der Waals surface area contributed by atoms with Crippen LogP contribution in [0, 0.1) is 12.7 Å². The highest BCUT2D eigenvalue weighted by molar-refractivity contribution is 5.97. The van der Waals surface area contributed by atoms with E-state index in [0.29, 0.717) is 18.5 Å². The van der Waals surface area contributed by atoms with Crippen molar-refractivity contribution < 1.29 is 14.3 Å². The lowest BCUT2D eigenvalue weighted by atomic mass is 10.0. The number of halogens is 1. The third-order valence-electron chi connectivity index (χ3n) is 3.15. The summed E-state index contributed by atoms with van der Waals surface area (Å²) in [5, 5.41) is 12.6. The fourth-order valence-electron chi connectivity index (χ4n) is 2.24. The van der Waals surface area contributed by atoms with Crippen LogP contribution in [0.15, 0.2) is 18.2 Å². The van der Waals surface area contributed by atoms with Gasteiger partial charge in [0, 0.05) is 5.69 Å². The van der Waals surface area contributed by atoms with E-state index in [9.17, 15) is 14.3 Å². The molecule has 3 nitrogen and oxygen atoms in total. The smallest absolute Gasteiger partial charge is 0.256 e. The molecule has 92 valence electrons. The number of aliphatic hydroxyl groups is 1. The SMILES string of the molecule is Cc1cc(F)cc(NC(=O)C2(O)CCCC2)c1. The molecule has 0 radical (unpaired) electrons. The predicted octanol–water partition coefficient (Wildman–Crippen LogP) is 2.38. The Morgan fingerprint density at radius 3 is 2.59 bits per heavy atom. The number of carbonyl (C=O) groups excluding carboxylic acids is 1. The first-order valence-electron chi connectivity index (χ1n) is 5.81. The summed E-state index contributed by atoms with van der Waals surface area (Å²) in [5.74, 6) is -0.821. The van der Waals surface area contributed by atoms with Crippen LogP contribution < -0.4 is 5.32 Å². The van der Waals surface area contributed by atoms with Crippen LogP contribution >= 0.6 is 0 Å². The van der Waals surface area contributed by atoms with Gasteiger partial charge in [-0.3, -0.25) is 4.79 Å². The van der Waals surface area contributed by atoms with Gasteiger partial charge in [0.25, 0.3) is 5.91 Å². The summed E-state index contributed by atoms with van der Waals surface area (Å²) < 4.78 is 13.1. The second-order valence-corrected chi connectivity index (χ2v) is 4.71. The molecule has 1 aliphatic rings. The average Bonchev–Trinajstić information content (AvgIpc) is 2.64. The fraction of sp³-hybridized carbons (Fsp3) is 0.462. The number of carbonyl (C=O) groups is 1. The molecule has 1 aromatic rings. The quantitative estimate of drug-likeness (QED) is 0.829. The molecule has 4 heteroatoms. The topological polar surface area (TPSA) is 49.3 Å². The van der Waals surface area contributed by atoms with Crippen molar-refractivity contribution in [3.8, 4) is 0 Å². The molecule has 17 heavy (non-hydrogen) atoms. The van der Waals surface area contributed by atoms with Crippen LogP contribution in [-0.4, -0.2) is 16.6 Å². The molecule has 1 saturated carbocycles. The van der Waals surface area contributed by atoms with E-state index < -0.39 is 17.3 Å². The molecular formula is C13H16FNO2. The number of nitrogens with one attached hydrogen (secondary N) is 1. The third kappa shape index (κ3) is 2.64. The lowest BCUT2D eigenvalue weighted by Gasteiger charge is -2.21. The Balaban J connectivity index is 2.12. The standard InChI is InChI=1S/C13H16FNO2/c1-9-6-10(14)8-11(7-9)15-12(16)13(17)4-2-3-5-13/h6-8,17H,2-5H2,1H3,(H,15,16). The Bertz CT molecular complexity index is 419. The molecular weight excluding hydrogens is 221 g/mol. The zero-order chi connectivity index (χ0) is 12.5. The normalized spacial score (nSPS) is 18.1. The van der Waals surface area contributed by atoms with Gasteiger partial charge in [0.15, 0.2) is 0 Å². The summed E-state index contributed by atoms with van der Waals surface area (Å²) in [5.41, 5.74) is -0.147. The van der Waals surface area contributed by atoms with E-state index >= 15 is 0 Å². The number of hydrogen-bond acceptors (Lipinski definition) is 2. The molecule has 1 aliphatic carbocycles. The number of amides is 1. The van der Waals surface area contributed by atoms with E-state index in [1.54, 1.807) is 13.0 Å². The van der Waals surface area contributed by atoms with E-state index in [1.807, 2.05) is 0 Å². The van der Waals surface area contributed by atoms with E-state index in [-0.39, 0.29) is 0 Å². The monoisotopic (exact) mass is 237 g/mol. The van der Waals surface area contributed by atoms with Gasteiger partial charge >= 0.3 is 0 Å². The van der Waals surface area contributed by atoms with Crippen LogP contribution in [0.1, 0.15) is 31.2 Å². The molecule has 1 aromatic carbocycles. The summed E-state index contributed by atoms with van der Waals surface area (Å²) in [4.78, 5) is 11.9. The molecule has 1 fully saturated rings. The van der Waals surface area contributed by atoms with Gasteiger partial charge in [-0.15, -0.1) is 0 Å². The minimum Gasteiger partial charge on any atom is -0.380 e. The van der Waals surface area contributed by atoms with Crippen LogP contribution in [-0.2, 0) is 4.79 Å². The highest BCUT2D eigenvalue weighted by Crippen LogP contribution is 2.30. The second kappa shape index (κ2) is 4.45. The largest absolute Gasteiger partial charge is 0.380 e. The number of aryl methyl sites for hydroxylation is 1. The molecule has 0 aromatic heterocycles. The number of anilines is 1. The molecule has 1 amide bonds. The Morgan fingerprint density at radius 1 is 1.35 bits per heavy atom. The second-order valence-electron chi connectivity index (χ2n) is 4.71. The van der Waals surface area contributed by atoms with Crippen molar-refractivity contribution in [2.24, 2.45) is 0 Å². The predicted molar refractivity (Wildman–Crippen MR) is 63.2 cm³/mol. The number of rotatable bonds is 2. The molecule has 0 saturated heterocycles. The van der Waals surface area contributed by atoms with Crippen LogP contribution in [0.4, 0.5) is 10.1 Å². The van der Waals surface area contributed by atoms with E-state index in [4.69, 9.17) is 0 Å². The Morgan fingerprint density at radius 2 is 2.00 bits per heavy atom. The van der Waals surface area contributed by atoms with Crippen molar-refractivity contribution >= 4 is 11.6 Å². The molecule has 2 rings (SSSR count). The summed E-state index contributed by atoms with van der Waals surface area (Å²) in [6.45, 7) is 1.75. The van der Waals surface area contributed by atoms with Crippen molar-refractivity contribution in [1.29, 1.82) is 0 Å². The fourth-order valence-corrected chi connectivity index (χ4v) is 2.24. The van der Waals surface area contributed by atoms with Gasteiger partial charge in [-0.1, -0.05) is 0 Å². The number of benzene rings is 1. The van der Waals surface area contributed by atoms with Crippen molar-refractivity contribution in [1.82, 2.24) is 0 Å². The zero-order valence-corrected chi connectivity index (χ0v) is 9.79. The highest BCUT2D eigenvalue weighted by Gasteiger charge is 2.38. The lowest BCUT2D eigenvalue weighted by molar-refractivity contribution is -0.133. The summed E-state index contributed by atoms with van der Waals surface area (Å²) >= 11 is 0. The Kier molecular flexibility index (Phi) is 3.15. The van der Waals surface area contributed by atoms with Gasteiger partial charge in [-0.05, 0) is 56.4 Å². The first-order chi connectivity index (χ1) is 7.99. The average molecular weight is 237 g/mol. The van der Waals surface area contributed by atoms with Crippen LogP contribution in [0.3, 0.4) is 0 Å². The van der Waals surface area contributed by atoms with Gasteiger partial charge in [0.05, 0.1) is 0 Å². The minimum absolute atomic E-state index is 0.390. The highest BCUT2D eigenvalue weighted by atomic mass is 19.1. The lowest BCUT2D eigenvalue weighted by Crippen LogP contribution is -2.40. The maximum Gasteiger partial charge on any atom is 0.256 e. The van der Waals surface area contributed by atoms with Crippen LogP contribution in [0.25, 0.3) is 0 Å². The molecule has 0 heterocycles. The van der Waals surface area contributed by atoms with Gasteiger partial charge in [-0.25, -0.2) is 4.39 Å². The third-order valence-corrected chi connectivity index (χ3v) is 3.15. The summed E-state index contributed by atoms with van der Waals surface area (Å²) in [6, 6.07) is 4.32. The number of hydrogen-bond donors (Lipinski definition) is 2. The first-order valence-corrected chi connectivity index (χ1v) is 5.81. The van der Waals surface area contributed by atoms with Gasteiger partial charge in [-0.2, -0.15) is 0 Å². The maximum atomic E-state index is 13.1. The van der Waals surface area contributed by atoms with Crippen LogP contribution in [0.2, 0.25) is 0 Å². The Labute approximate surface area is 99.7 Å². The first kappa shape index (κ1) is 12.0. The molecule has 0 aliphatic heterocycles. The van der Waals surface area contributed by atoms with Crippen LogP contribution in [0.5, 0.6) is 0 Å². The molecule has 0 spiro atoms. The van der Waals surface area contributed by atoms with Crippen molar-refractivity contribution in [2.75, 3.05) is 5.32 Å². The van der Waals surface area contributed by atoms with Gasteiger partial charge in [0.2, 0.25) is 0 Å². The summed E-state index contributed by atoms with van der Waals surface area (Å²) in [6.07, 6.45) is 2.67.